The average molecular weight is 383 g/mol. The molecule has 0 heterocycles. The maximum atomic E-state index is 11.5. The maximum Gasteiger partial charge on any atom is 0.407 e. The van der Waals surface area contributed by atoms with Crippen LogP contribution in [0.2, 0.25) is 0 Å². The molecule has 5 heteroatoms. The van der Waals surface area contributed by atoms with E-state index in [4.69, 9.17) is 4.74 Å². The Morgan fingerprint density at radius 1 is 1.30 bits per heavy atom. The molecule has 0 aliphatic heterocycles. The Bertz CT molecular complexity index is 495. The highest BCUT2D eigenvalue weighted by molar-refractivity contribution is 9.10. The third-order valence-electron chi connectivity index (χ3n) is 3.09. The van der Waals surface area contributed by atoms with Crippen LogP contribution in [0, 0.1) is 0 Å². The normalized spacial score (nSPS) is 12.5. The van der Waals surface area contributed by atoms with Crippen LogP contribution in [0.4, 0.5) is 4.79 Å². The molecule has 1 rings (SSSR count). The summed E-state index contributed by atoms with van der Waals surface area (Å²) in [6.45, 7) is 10.8. The molecular weight excluding hydrogens is 356 g/mol. The Kier molecular flexibility index (Phi) is 8.34. The summed E-state index contributed by atoms with van der Waals surface area (Å²) in [5.74, 6) is 0. The van der Waals surface area contributed by atoms with E-state index in [0.717, 1.165) is 23.9 Å². The number of halogens is 1. The molecule has 0 radical (unpaired) electrons. The molecule has 2 N–H and O–H groups in total. The van der Waals surface area contributed by atoms with Gasteiger partial charge in [0.1, 0.15) is 5.60 Å². The lowest BCUT2D eigenvalue weighted by atomic mass is 10.0. The van der Waals surface area contributed by atoms with Crippen LogP contribution in [-0.2, 0) is 4.74 Å². The van der Waals surface area contributed by atoms with Crippen molar-refractivity contribution >= 4 is 22.0 Å². The van der Waals surface area contributed by atoms with E-state index < -0.39 is 5.60 Å². The number of hydrogen-bond acceptors (Lipinski definition) is 3. The molecule has 0 aromatic heterocycles. The summed E-state index contributed by atoms with van der Waals surface area (Å²) in [4.78, 5) is 11.5. The number of carbonyl (C=O) groups is 1. The van der Waals surface area contributed by atoms with E-state index in [1.165, 1.54) is 5.56 Å². The second kappa shape index (κ2) is 9.73. The van der Waals surface area contributed by atoms with Crippen molar-refractivity contribution in [3.63, 3.8) is 0 Å². The minimum atomic E-state index is -0.459. The third kappa shape index (κ3) is 8.77. The summed E-state index contributed by atoms with van der Waals surface area (Å²) in [6.07, 6.45) is 3.25. The fourth-order valence-corrected chi connectivity index (χ4v) is 2.33. The lowest BCUT2D eigenvalue weighted by Crippen LogP contribution is -2.34. The van der Waals surface area contributed by atoms with Crippen molar-refractivity contribution in [2.75, 3.05) is 13.1 Å². The van der Waals surface area contributed by atoms with Crippen molar-refractivity contribution in [2.24, 2.45) is 0 Å². The van der Waals surface area contributed by atoms with Crippen LogP contribution in [0.25, 0.3) is 0 Å². The predicted octanol–water partition coefficient (Wildman–Crippen LogP) is 4.57. The average Bonchev–Trinajstić information content (AvgIpc) is 2.45. The van der Waals surface area contributed by atoms with Crippen molar-refractivity contribution in [3.05, 3.63) is 47.0 Å². The van der Waals surface area contributed by atoms with Crippen LogP contribution in [0.15, 0.2) is 41.4 Å². The first kappa shape index (κ1) is 19.7. The van der Waals surface area contributed by atoms with Gasteiger partial charge in [-0.15, -0.1) is 6.58 Å². The first-order chi connectivity index (χ1) is 10.8. The van der Waals surface area contributed by atoms with Gasteiger partial charge in [0.15, 0.2) is 0 Å². The molecule has 1 atom stereocenters. The number of nitrogens with one attached hydrogen (secondary N) is 2. The van der Waals surface area contributed by atoms with Gasteiger partial charge in [-0.25, -0.2) is 4.79 Å². The van der Waals surface area contributed by atoms with Crippen LogP contribution in [-0.4, -0.2) is 24.8 Å². The number of rotatable bonds is 8. The number of ether oxygens (including phenoxy) is 1. The van der Waals surface area contributed by atoms with Gasteiger partial charge in [-0.05, 0) is 57.9 Å². The Balaban J connectivity index is 2.32. The lowest BCUT2D eigenvalue weighted by Gasteiger charge is -2.20. The second-order valence-electron chi connectivity index (χ2n) is 6.36. The van der Waals surface area contributed by atoms with Gasteiger partial charge in [-0.1, -0.05) is 34.1 Å². The standard InChI is InChI=1S/C18H27BrN2O2/c1-5-7-16(14-8-10-15(19)11-9-14)20-12-6-13-21-17(22)23-18(2,3)4/h5,8-11,16,20H,1,6-7,12-13H2,2-4H3,(H,21,22). The van der Waals surface area contributed by atoms with Crippen molar-refractivity contribution in [1.82, 2.24) is 10.6 Å². The zero-order valence-corrected chi connectivity index (χ0v) is 15.8. The van der Waals surface area contributed by atoms with Crippen LogP contribution < -0.4 is 10.6 Å². The van der Waals surface area contributed by atoms with Gasteiger partial charge in [0.2, 0.25) is 0 Å². The van der Waals surface area contributed by atoms with Gasteiger partial charge >= 0.3 is 6.09 Å². The van der Waals surface area contributed by atoms with Gasteiger partial charge in [0.25, 0.3) is 0 Å². The fourth-order valence-electron chi connectivity index (χ4n) is 2.07. The van der Waals surface area contributed by atoms with Gasteiger partial charge in [-0.2, -0.15) is 0 Å². The predicted molar refractivity (Wildman–Crippen MR) is 98.6 cm³/mol. The second-order valence-corrected chi connectivity index (χ2v) is 7.28. The van der Waals surface area contributed by atoms with Crippen molar-refractivity contribution < 1.29 is 9.53 Å². The van der Waals surface area contributed by atoms with Gasteiger partial charge in [0.05, 0.1) is 0 Å². The molecule has 1 unspecified atom stereocenters. The smallest absolute Gasteiger partial charge is 0.407 e. The topological polar surface area (TPSA) is 50.4 Å². The van der Waals surface area contributed by atoms with Crippen LogP contribution >= 0.6 is 15.9 Å². The largest absolute Gasteiger partial charge is 0.444 e. The zero-order valence-electron chi connectivity index (χ0n) is 14.2. The van der Waals surface area contributed by atoms with Crippen molar-refractivity contribution in [2.45, 2.75) is 45.3 Å². The molecule has 0 saturated carbocycles. The number of benzene rings is 1. The summed E-state index contributed by atoms with van der Waals surface area (Å²) in [7, 11) is 0. The highest BCUT2D eigenvalue weighted by atomic mass is 79.9. The van der Waals surface area contributed by atoms with Crippen molar-refractivity contribution in [3.8, 4) is 0 Å². The Hall–Kier alpha value is -1.33. The molecule has 128 valence electrons. The van der Waals surface area contributed by atoms with Crippen LogP contribution in [0.5, 0.6) is 0 Å². The third-order valence-corrected chi connectivity index (χ3v) is 3.62. The monoisotopic (exact) mass is 382 g/mol. The summed E-state index contributed by atoms with van der Waals surface area (Å²) in [5.41, 5.74) is 0.770. The summed E-state index contributed by atoms with van der Waals surface area (Å²) < 4.78 is 6.27. The fraction of sp³-hybridized carbons (Fsp3) is 0.500. The molecule has 1 aromatic carbocycles. The summed E-state index contributed by atoms with van der Waals surface area (Å²) in [5, 5.41) is 6.26. The first-order valence-corrected chi connectivity index (χ1v) is 8.67. The van der Waals surface area contributed by atoms with E-state index in [1.807, 2.05) is 39.0 Å². The van der Waals surface area contributed by atoms with E-state index in [2.05, 4.69) is 45.3 Å². The lowest BCUT2D eigenvalue weighted by molar-refractivity contribution is 0.0527. The first-order valence-electron chi connectivity index (χ1n) is 7.88. The van der Waals surface area contributed by atoms with Gasteiger partial charge in [0, 0.05) is 17.1 Å². The van der Waals surface area contributed by atoms with E-state index >= 15 is 0 Å². The minimum Gasteiger partial charge on any atom is -0.444 e. The van der Waals surface area contributed by atoms with Crippen LogP contribution in [0.3, 0.4) is 0 Å². The molecule has 1 aromatic rings. The number of carbonyl (C=O) groups excluding carboxylic acids is 1. The van der Waals surface area contributed by atoms with Crippen molar-refractivity contribution in [1.29, 1.82) is 0 Å². The van der Waals surface area contributed by atoms with Crippen LogP contribution in [0.1, 0.15) is 45.2 Å². The summed E-state index contributed by atoms with van der Waals surface area (Å²) >= 11 is 3.45. The van der Waals surface area contributed by atoms with E-state index in [1.54, 1.807) is 0 Å². The highest BCUT2D eigenvalue weighted by Crippen LogP contribution is 2.19. The van der Waals surface area contributed by atoms with E-state index in [0.29, 0.717) is 6.54 Å². The highest BCUT2D eigenvalue weighted by Gasteiger charge is 2.15. The van der Waals surface area contributed by atoms with E-state index in [-0.39, 0.29) is 12.1 Å². The summed E-state index contributed by atoms with van der Waals surface area (Å²) in [6, 6.07) is 8.52. The molecule has 0 fully saturated rings. The SMILES string of the molecule is C=CCC(NCCCNC(=O)OC(C)(C)C)c1ccc(Br)cc1. The molecule has 0 spiro atoms. The number of hydrogen-bond donors (Lipinski definition) is 2. The molecule has 0 aliphatic rings. The molecule has 0 bridgehead atoms. The molecule has 0 saturated heterocycles. The molecule has 1 amide bonds. The minimum absolute atomic E-state index is 0.238. The maximum absolute atomic E-state index is 11.5. The Morgan fingerprint density at radius 3 is 2.52 bits per heavy atom. The Labute approximate surface area is 147 Å². The molecule has 0 aliphatic carbocycles. The number of alkyl carbamates (subject to hydrolysis) is 1. The van der Waals surface area contributed by atoms with E-state index in [9.17, 15) is 4.79 Å². The van der Waals surface area contributed by atoms with Gasteiger partial charge < -0.3 is 15.4 Å². The molecule has 4 nitrogen and oxygen atoms in total. The number of amides is 1. The van der Waals surface area contributed by atoms with Gasteiger partial charge in [-0.3, -0.25) is 0 Å². The quantitative estimate of drug-likeness (QED) is 0.511. The zero-order chi connectivity index (χ0) is 17.3. The Morgan fingerprint density at radius 2 is 1.96 bits per heavy atom. The molecule has 23 heavy (non-hydrogen) atoms. The molecular formula is C18H27BrN2O2.